The van der Waals surface area contributed by atoms with Gasteiger partial charge in [-0.25, -0.2) is 19.5 Å². The highest BCUT2D eigenvalue weighted by Crippen LogP contribution is 2.33. The maximum Gasteiger partial charge on any atom is 0.240 e. The molecule has 0 aliphatic rings. The predicted octanol–water partition coefficient (Wildman–Crippen LogP) is 3.42. The lowest BCUT2D eigenvalue weighted by Crippen LogP contribution is -2.07. The number of nitrogens with one attached hydrogen (secondary N) is 1. The minimum atomic E-state index is 0.272. The van der Waals surface area contributed by atoms with Gasteiger partial charge in [-0.3, -0.25) is 4.68 Å². The normalized spacial score (nSPS) is 11.5. The highest BCUT2D eigenvalue weighted by atomic mass is 16.5. The number of fused-ring (bicyclic) bond motifs is 1. The van der Waals surface area contributed by atoms with Crippen molar-refractivity contribution >= 4 is 17.0 Å². The molecule has 0 radical (unpaired) electrons. The van der Waals surface area contributed by atoms with Crippen LogP contribution in [0.15, 0.2) is 43.4 Å². The molecule has 5 heterocycles. The van der Waals surface area contributed by atoms with E-state index in [9.17, 15) is 0 Å². The van der Waals surface area contributed by atoms with Gasteiger partial charge in [0, 0.05) is 43.4 Å². The predicted molar refractivity (Wildman–Crippen MR) is 123 cm³/mol. The van der Waals surface area contributed by atoms with E-state index in [2.05, 4.69) is 34.1 Å². The van der Waals surface area contributed by atoms with Crippen molar-refractivity contribution in [2.75, 3.05) is 12.4 Å². The van der Waals surface area contributed by atoms with Gasteiger partial charge in [-0.15, -0.1) is 5.10 Å². The number of anilines is 2. The average Bonchev–Trinajstić information content (AvgIpc) is 3.53. The molecule has 5 rings (SSSR count). The van der Waals surface area contributed by atoms with Crippen molar-refractivity contribution in [2.24, 2.45) is 7.05 Å². The molecule has 11 heteroatoms. The largest absolute Gasteiger partial charge is 0.479 e. The van der Waals surface area contributed by atoms with Gasteiger partial charge in [-0.2, -0.15) is 10.1 Å². The molecule has 33 heavy (non-hydrogen) atoms. The van der Waals surface area contributed by atoms with Gasteiger partial charge in [0.15, 0.2) is 11.6 Å². The Labute approximate surface area is 190 Å². The monoisotopic (exact) mass is 444 g/mol. The van der Waals surface area contributed by atoms with Gasteiger partial charge in [-0.05, 0) is 32.4 Å². The highest BCUT2D eigenvalue weighted by Gasteiger charge is 2.20. The quantitative estimate of drug-likeness (QED) is 0.424. The third-order valence-electron chi connectivity index (χ3n) is 5.44. The molecule has 0 atom stereocenters. The van der Waals surface area contributed by atoms with Crippen molar-refractivity contribution in [1.82, 2.24) is 43.9 Å². The van der Waals surface area contributed by atoms with E-state index < -0.39 is 0 Å². The molecule has 0 aromatic carbocycles. The second-order valence-corrected chi connectivity index (χ2v) is 7.95. The second kappa shape index (κ2) is 8.01. The lowest BCUT2D eigenvalue weighted by Gasteiger charge is -2.12. The topological polar surface area (TPSA) is 113 Å². The van der Waals surface area contributed by atoms with Gasteiger partial charge in [0.2, 0.25) is 11.7 Å². The molecule has 0 bridgehead atoms. The molecule has 11 nitrogen and oxygen atoms in total. The summed E-state index contributed by atoms with van der Waals surface area (Å²) in [5, 5.41) is 12.8. The summed E-state index contributed by atoms with van der Waals surface area (Å²) in [6, 6.07) is 2.28. The standard InChI is InChI=1S/C22H24N10O/c1-13(2)31-8-6-16(28-31)15-11-32-18(14(15)3)19(26-17-10-23-12-25-22(17)33-5)27-20(29-32)21-24-7-9-30(21)4/h6-13H,1-5H3,(H,26,27,29). The van der Waals surface area contributed by atoms with E-state index in [1.54, 1.807) is 19.5 Å². The van der Waals surface area contributed by atoms with Gasteiger partial charge < -0.3 is 14.6 Å². The van der Waals surface area contributed by atoms with Crippen molar-refractivity contribution in [3.63, 3.8) is 0 Å². The average molecular weight is 445 g/mol. The van der Waals surface area contributed by atoms with Crippen LogP contribution < -0.4 is 10.1 Å². The van der Waals surface area contributed by atoms with Crippen LogP contribution in [0, 0.1) is 6.92 Å². The number of methoxy groups -OCH3 is 1. The van der Waals surface area contributed by atoms with E-state index in [4.69, 9.17) is 19.9 Å². The summed E-state index contributed by atoms with van der Waals surface area (Å²) in [7, 11) is 3.47. The Hall–Kier alpha value is -4.28. The first kappa shape index (κ1) is 20.6. The maximum atomic E-state index is 5.39. The Balaban J connectivity index is 1.72. The van der Waals surface area contributed by atoms with Crippen molar-refractivity contribution in [2.45, 2.75) is 26.8 Å². The summed E-state index contributed by atoms with van der Waals surface area (Å²) in [6.45, 7) is 6.23. The van der Waals surface area contributed by atoms with Crippen LogP contribution in [0.4, 0.5) is 11.5 Å². The number of aryl methyl sites for hydroxylation is 2. The minimum Gasteiger partial charge on any atom is -0.479 e. The Morgan fingerprint density at radius 3 is 2.67 bits per heavy atom. The fourth-order valence-corrected chi connectivity index (χ4v) is 3.72. The smallest absolute Gasteiger partial charge is 0.240 e. The minimum absolute atomic E-state index is 0.272. The van der Waals surface area contributed by atoms with Crippen molar-refractivity contribution in [1.29, 1.82) is 0 Å². The van der Waals surface area contributed by atoms with E-state index in [1.165, 1.54) is 6.33 Å². The van der Waals surface area contributed by atoms with E-state index in [1.807, 2.05) is 52.4 Å². The summed E-state index contributed by atoms with van der Waals surface area (Å²) in [6.07, 6.45) is 10.6. The van der Waals surface area contributed by atoms with Gasteiger partial charge >= 0.3 is 0 Å². The molecule has 0 aliphatic heterocycles. The molecule has 0 fully saturated rings. The number of aromatic nitrogens is 9. The van der Waals surface area contributed by atoms with Crippen molar-refractivity contribution in [3.05, 3.63) is 48.9 Å². The van der Waals surface area contributed by atoms with E-state index in [0.717, 1.165) is 22.3 Å². The molecule has 0 spiro atoms. The molecule has 0 unspecified atom stereocenters. The fraction of sp³-hybridized carbons (Fsp3) is 0.273. The van der Waals surface area contributed by atoms with E-state index >= 15 is 0 Å². The molecule has 0 amide bonds. The molecule has 5 aromatic heterocycles. The van der Waals surface area contributed by atoms with Gasteiger partial charge in [-0.1, -0.05) is 0 Å². The summed E-state index contributed by atoms with van der Waals surface area (Å²) >= 11 is 0. The van der Waals surface area contributed by atoms with Crippen LogP contribution in [0.1, 0.15) is 25.5 Å². The van der Waals surface area contributed by atoms with Gasteiger partial charge in [0.1, 0.15) is 17.5 Å². The summed E-state index contributed by atoms with van der Waals surface area (Å²) in [5.74, 6) is 2.12. The molecular weight excluding hydrogens is 420 g/mol. The maximum absolute atomic E-state index is 5.39. The first-order chi connectivity index (χ1) is 16.0. The molecule has 168 valence electrons. The zero-order chi connectivity index (χ0) is 23.1. The number of rotatable bonds is 6. The SMILES string of the molecule is COc1ncncc1Nc1nc(-c2nccn2C)nn2cc(-c3ccn(C(C)C)n3)c(C)c12. The lowest BCUT2D eigenvalue weighted by molar-refractivity contribution is 0.399. The molecule has 0 aliphatic carbocycles. The number of hydrogen-bond acceptors (Lipinski definition) is 8. The summed E-state index contributed by atoms with van der Waals surface area (Å²) in [4.78, 5) is 17.5. The lowest BCUT2D eigenvalue weighted by atomic mass is 10.1. The van der Waals surface area contributed by atoms with E-state index in [-0.39, 0.29) is 6.04 Å². The Bertz CT molecular complexity index is 1440. The Morgan fingerprint density at radius 2 is 1.97 bits per heavy atom. The van der Waals surface area contributed by atoms with E-state index in [0.29, 0.717) is 29.0 Å². The van der Waals surface area contributed by atoms with Crippen LogP contribution in [-0.2, 0) is 7.05 Å². The Morgan fingerprint density at radius 1 is 1.12 bits per heavy atom. The zero-order valence-electron chi connectivity index (χ0n) is 19.1. The molecule has 1 N–H and O–H groups in total. The number of ether oxygens (including phenoxy) is 1. The second-order valence-electron chi connectivity index (χ2n) is 7.95. The van der Waals surface area contributed by atoms with Crippen LogP contribution in [0.5, 0.6) is 5.88 Å². The molecule has 0 saturated carbocycles. The molecule has 5 aromatic rings. The van der Waals surface area contributed by atoms with Gasteiger partial charge in [0.05, 0.1) is 19.0 Å². The van der Waals surface area contributed by atoms with Gasteiger partial charge in [0.25, 0.3) is 0 Å². The molecular formula is C22H24N10O. The van der Waals surface area contributed by atoms with Crippen LogP contribution in [-0.4, -0.2) is 51.0 Å². The van der Waals surface area contributed by atoms with Crippen molar-refractivity contribution < 1.29 is 4.74 Å². The summed E-state index contributed by atoms with van der Waals surface area (Å²) in [5.41, 5.74) is 4.25. The van der Waals surface area contributed by atoms with Crippen LogP contribution in [0.25, 0.3) is 28.4 Å². The first-order valence-electron chi connectivity index (χ1n) is 10.5. The van der Waals surface area contributed by atoms with Crippen molar-refractivity contribution in [3.8, 4) is 28.8 Å². The third-order valence-corrected chi connectivity index (χ3v) is 5.44. The van der Waals surface area contributed by atoms with Crippen LogP contribution >= 0.6 is 0 Å². The van der Waals surface area contributed by atoms with Crippen LogP contribution in [0.2, 0.25) is 0 Å². The number of imidazole rings is 1. The zero-order valence-corrected chi connectivity index (χ0v) is 19.1. The highest BCUT2D eigenvalue weighted by molar-refractivity contribution is 5.84. The number of nitrogens with zero attached hydrogens (tertiary/aromatic N) is 9. The Kier molecular flexibility index (Phi) is 5.00. The first-order valence-corrected chi connectivity index (χ1v) is 10.5. The molecule has 0 saturated heterocycles. The number of hydrogen-bond donors (Lipinski definition) is 1. The third kappa shape index (κ3) is 3.56. The van der Waals surface area contributed by atoms with Crippen LogP contribution in [0.3, 0.4) is 0 Å². The summed E-state index contributed by atoms with van der Waals surface area (Å²) < 4.78 is 11.0. The fourth-order valence-electron chi connectivity index (χ4n) is 3.72.